The van der Waals surface area contributed by atoms with Crippen LogP contribution in [0.25, 0.3) is 16.9 Å². The van der Waals surface area contributed by atoms with E-state index in [4.69, 9.17) is 9.36 Å². The van der Waals surface area contributed by atoms with E-state index in [0.717, 1.165) is 16.8 Å². The van der Waals surface area contributed by atoms with E-state index in [0.29, 0.717) is 22.7 Å². The number of aryl methyl sites for hydroxylation is 1. The highest BCUT2D eigenvalue weighted by Gasteiger charge is 2.27. The fraction of sp³-hybridized carbons (Fsp3) is 0.250. The lowest BCUT2D eigenvalue weighted by molar-refractivity contribution is -0.143. The summed E-state index contributed by atoms with van der Waals surface area (Å²) in [6, 6.07) is 12.6. The Hall–Kier alpha value is -3.95. The molecule has 0 fully saturated rings. The minimum atomic E-state index is -4.33. The van der Waals surface area contributed by atoms with Gasteiger partial charge in [0.1, 0.15) is 22.9 Å². The standard InChI is InChI=1S/C24H21F3N4O3/c1-16-9-20(30-34-16)15-33-29-13-18-6-8-31-22(14-28-23(31)12-18)19-4-2-3-17(10-19)11-21(32)5-7-24(25,26)27/h2-4,6,8-10,12-14H,5,7,11,15H2,1H3. The molecule has 176 valence electrons. The molecule has 0 amide bonds. The zero-order valence-corrected chi connectivity index (χ0v) is 18.2. The molecule has 0 atom stereocenters. The second-order valence-electron chi connectivity index (χ2n) is 7.80. The maximum Gasteiger partial charge on any atom is 0.389 e. The summed E-state index contributed by atoms with van der Waals surface area (Å²) >= 11 is 0. The van der Waals surface area contributed by atoms with Crippen LogP contribution in [0.15, 0.2) is 64.5 Å². The van der Waals surface area contributed by atoms with Crippen LogP contribution in [0.2, 0.25) is 0 Å². The van der Waals surface area contributed by atoms with Gasteiger partial charge in [-0.2, -0.15) is 13.2 Å². The molecule has 0 unspecified atom stereocenters. The van der Waals surface area contributed by atoms with Crippen molar-refractivity contribution >= 4 is 17.6 Å². The molecule has 4 rings (SSSR count). The number of oxime groups is 1. The fourth-order valence-corrected chi connectivity index (χ4v) is 3.42. The third kappa shape index (κ3) is 6.09. The number of hydrogen-bond donors (Lipinski definition) is 0. The van der Waals surface area contributed by atoms with E-state index in [1.807, 2.05) is 28.8 Å². The number of ketones is 1. The summed E-state index contributed by atoms with van der Waals surface area (Å²) in [6.07, 6.45) is -0.903. The lowest BCUT2D eigenvalue weighted by Gasteiger charge is -2.07. The Balaban J connectivity index is 1.43. The summed E-state index contributed by atoms with van der Waals surface area (Å²) in [7, 11) is 0. The number of fused-ring (bicyclic) bond motifs is 1. The first kappa shape index (κ1) is 23.2. The van der Waals surface area contributed by atoms with Crippen molar-refractivity contribution in [3.8, 4) is 11.3 Å². The highest BCUT2D eigenvalue weighted by Crippen LogP contribution is 2.24. The van der Waals surface area contributed by atoms with Crippen LogP contribution < -0.4 is 0 Å². The molecular formula is C24H21F3N4O3. The van der Waals surface area contributed by atoms with Crippen molar-refractivity contribution < 1.29 is 27.3 Å². The summed E-state index contributed by atoms with van der Waals surface area (Å²) in [5.74, 6) is 0.249. The number of carbonyl (C=O) groups excluding carboxylic acids is 1. The van der Waals surface area contributed by atoms with E-state index in [1.165, 1.54) is 0 Å². The van der Waals surface area contributed by atoms with Gasteiger partial charge in [-0.1, -0.05) is 28.5 Å². The van der Waals surface area contributed by atoms with Gasteiger partial charge >= 0.3 is 6.18 Å². The quantitative estimate of drug-likeness (QED) is 0.245. The topological polar surface area (TPSA) is 82.0 Å². The van der Waals surface area contributed by atoms with E-state index in [9.17, 15) is 18.0 Å². The Bertz CT molecular complexity index is 1320. The number of hydrogen-bond acceptors (Lipinski definition) is 6. The molecule has 3 heterocycles. The SMILES string of the molecule is Cc1cc(CON=Cc2ccn3c(-c4cccc(CC(=O)CCC(F)(F)F)c4)cnc3c2)no1. The number of benzene rings is 1. The van der Waals surface area contributed by atoms with Crippen molar-refractivity contribution in [2.24, 2.45) is 5.16 Å². The minimum absolute atomic E-state index is 0.0465. The maximum atomic E-state index is 12.4. The van der Waals surface area contributed by atoms with Crippen molar-refractivity contribution in [3.63, 3.8) is 0 Å². The predicted molar refractivity (Wildman–Crippen MR) is 118 cm³/mol. The van der Waals surface area contributed by atoms with Gasteiger partial charge in [-0.15, -0.1) is 0 Å². The van der Waals surface area contributed by atoms with Gasteiger partial charge in [0.2, 0.25) is 0 Å². The van der Waals surface area contributed by atoms with Crippen LogP contribution in [-0.2, 0) is 22.7 Å². The molecule has 0 saturated heterocycles. The monoisotopic (exact) mass is 470 g/mol. The van der Waals surface area contributed by atoms with Gasteiger partial charge in [-0.25, -0.2) is 4.98 Å². The second kappa shape index (κ2) is 9.90. The highest BCUT2D eigenvalue weighted by molar-refractivity contribution is 5.82. The Morgan fingerprint density at radius 3 is 2.85 bits per heavy atom. The van der Waals surface area contributed by atoms with Crippen LogP contribution in [0.4, 0.5) is 13.2 Å². The van der Waals surface area contributed by atoms with Crippen LogP contribution >= 0.6 is 0 Å². The largest absolute Gasteiger partial charge is 0.389 e. The molecule has 0 aliphatic carbocycles. The van der Waals surface area contributed by atoms with E-state index in [1.54, 1.807) is 43.6 Å². The average molecular weight is 470 g/mol. The molecule has 0 saturated carbocycles. The number of nitrogens with zero attached hydrogens (tertiary/aromatic N) is 4. The van der Waals surface area contributed by atoms with Crippen LogP contribution in [0, 0.1) is 6.92 Å². The van der Waals surface area contributed by atoms with Gasteiger partial charge in [-0.3, -0.25) is 9.20 Å². The average Bonchev–Trinajstić information content (AvgIpc) is 3.40. The molecule has 4 aromatic rings. The Labute approximate surface area is 192 Å². The first-order chi connectivity index (χ1) is 16.3. The van der Waals surface area contributed by atoms with E-state index in [-0.39, 0.29) is 13.0 Å². The Kier molecular flexibility index (Phi) is 6.76. The predicted octanol–water partition coefficient (Wildman–Crippen LogP) is 5.30. The molecule has 34 heavy (non-hydrogen) atoms. The molecule has 0 spiro atoms. The molecule has 0 aliphatic heterocycles. The smallest absolute Gasteiger partial charge is 0.389 e. The molecule has 1 aromatic carbocycles. The lowest BCUT2D eigenvalue weighted by Crippen LogP contribution is -2.12. The molecule has 0 N–H and O–H groups in total. The normalized spacial score (nSPS) is 12.0. The summed E-state index contributed by atoms with van der Waals surface area (Å²) in [5.41, 5.74) is 4.36. The summed E-state index contributed by atoms with van der Waals surface area (Å²) < 4.78 is 43.9. The highest BCUT2D eigenvalue weighted by atomic mass is 19.4. The van der Waals surface area contributed by atoms with Gasteiger partial charge < -0.3 is 9.36 Å². The molecule has 3 aromatic heterocycles. The van der Waals surface area contributed by atoms with Crippen molar-refractivity contribution in [1.29, 1.82) is 0 Å². The number of aromatic nitrogens is 3. The van der Waals surface area contributed by atoms with Crippen LogP contribution in [0.1, 0.15) is 35.4 Å². The van der Waals surface area contributed by atoms with Crippen LogP contribution in [-0.4, -0.2) is 32.7 Å². The van der Waals surface area contributed by atoms with E-state index in [2.05, 4.69) is 15.3 Å². The van der Waals surface area contributed by atoms with Crippen molar-refractivity contribution in [2.45, 2.75) is 39.0 Å². The molecule has 10 heteroatoms. The number of Topliss-reactive ketones (excluding diaryl/α,β-unsaturated/α-hetero) is 1. The number of alkyl halides is 3. The van der Waals surface area contributed by atoms with Gasteiger partial charge in [0.15, 0.2) is 6.61 Å². The lowest BCUT2D eigenvalue weighted by atomic mass is 10.0. The number of carbonyl (C=O) groups is 1. The van der Waals surface area contributed by atoms with Gasteiger partial charge in [0.25, 0.3) is 0 Å². The van der Waals surface area contributed by atoms with Gasteiger partial charge in [0, 0.05) is 36.2 Å². The first-order valence-corrected chi connectivity index (χ1v) is 10.5. The minimum Gasteiger partial charge on any atom is -0.389 e. The second-order valence-corrected chi connectivity index (χ2v) is 7.80. The summed E-state index contributed by atoms with van der Waals surface area (Å²) in [6.45, 7) is 1.99. The number of rotatable bonds is 9. The molecule has 0 bridgehead atoms. The maximum absolute atomic E-state index is 12.4. The van der Waals surface area contributed by atoms with Gasteiger partial charge in [0.05, 0.1) is 24.5 Å². The third-order valence-corrected chi connectivity index (χ3v) is 5.01. The Morgan fingerprint density at radius 2 is 2.09 bits per heavy atom. The number of pyridine rings is 1. The molecule has 0 aliphatic rings. The molecule has 7 nitrogen and oxygen atoms in total. The molecule has 0 radical (unpaired) electrons. The third-order valence-electron chi connectivity index (χ3n) is 5.01. The van der Waals surface area contributed by atoms with Crippen LogP contribution in [0.3, 0.4) is 0 Å². The summed E-state index contributed by atoms with van der Waals surface area (Å²) in [5, 5.41) is 7.76. The van der Waals surface area contributed by atoms with Crippen molar-refractivity contribution in [3.05, 3.63) is 77.4 Å². The fourth-order valence-electron chi connectivity index (χ4n) is 3.42. The zero-order chi connectivity index (χ0) is 24.1. The Morgan fingerprint density at radius 1 is 1.24 bits per heavy atom. The molecular weight excluding hydrogens is 449 g/mol. The number of imidazole rings is 1. The van der Waals surface area contributed by atoms with E-state index < -0.39 is 24.8 Å². The van der Waals surface area contributed by atoms with Gasteiger partial charge in [-0.05, 0) is 30.7 Å². The summed E-state index contributed by atoms with van der Waals surface area (Å²) in [4.78, 5) is 21.6. The van der Waals surface area contributed by atoms with E-state index >= 15 is 0 Å². The van der Waals surface area contributed by atoms with Crippen LogP contribution in [0.5, 0.6) is 0 Å². The number of halogens is 3. The van der Waals surface area contributed by atoms with Crippen molar-refractivity contribution in [2.75, 3.05) is 0 Å². The van der Waals surface area contributed by atoms with Crippen molar-refractivity contribution in [1.82, 2.24) is 14.5 Å². The first-order valence-electron chi connectivity index (χ1n) is 10.5. The zero-order valence-electron chi connectivity index (χ0n) is 18.2.